The van der Waals surface area contributed by atoms with E-state index in [1.807, 2.05) is 55.5 Å². The van der Waals surface area contributed by atoms with Gasteiger partial charge in [0.15, 0.2) is 5.13 Å². The summed E-state index contributed by atoms with van der Waals surface area (Å²) in [5.41, 5.74) is 3.14. The van der Waals surface area contributed by atoms with E-state index in [0.29, 0.717) is 48.6 Å². The van der Waals surface area contributed by atoms with Crippen LogP contribution >= 0.6 is 22.9 Å². The van der Waals surface area contributed by atoms with E-state index in [9.17, 15) is 14.4 Å². The molecule has 10 heteroatoms. The molecule has 1 aromatic heterocycles. The van der Waals surface area contributed by atoms with Crippen molar-refractivity contribution in [1.29, 1.82) is 0 Å². The van der Waals surface area contributed by atoms with Gasteiger partial charge in [-0.3, -0.25) is 14.4 Å². The lowest BCUT2D eigenvalue weighted by molar-refractivity contribution is -0.138. The summed E-state index contributed by atoms with van der Waals surface area (Å²) in [5, 5.41) is 6.18. The SMILES string of the molecule is CC(=O)N1CCN(C(=O)CCN(Cc2ccccc2)C(=O)c2csc(Nc3cc(Cl)ccc3C)n2)CC1. The third-order valence-electron chi connectivity index (χ3n) is 6.34. The number of rotatable bonds is 8. The van der Waals surface area contributed by atoms with Crippen LogP contribution in [-0.2, 0) is 16.1 Å². The van der Waals surface area contributed by atoms with Crippen LogP contribution in [-0.4, -0.2) is 70.1 Å². The number of carbonyl (C=O) groups is 3. The number of piperazine rings is 1. The third-order valence-corrected chi connectivity index (χ3v) is 7.33. The lowest BCUT2D eigenvalue weighted by atomic mass is 10.2. The second kappa shape index (κ2) is 12.2. The summed E-state index contributed by atoms with van der Waals surface area (Å²) >= 11 is 7.47. The second-order valence-corrected chi connectivity index (χ2v) is 10.3. The van der Waals surface area contributed by atoms with Crippen LogP contribution in [0.25, 0.3) is 0 Å². The molecular weight excluding hydrogens is 510 g/mol. The number of anilines is 2. The van der Waals surface area contributed by atoms with E-state index in [4.69, 9.17) is 11.6 Å². The van der Waals surface area contributed by atoms with Gasteiger partial charge < -0.3 is 20.0 Å². The van der Waals surface area contributed by atoms with Crippen molar-refractivity contribution in [3.63, 3.8) is 0 Å². The van der Waals surface area contributed by atoms with Crippen LogP contribution in [0.4, 0.5) is 10.8 Å². The fourth-order valence-corrected chi connectivity index (χ4v) is 5.02. The Labute approximate surface area is 225 Å². The van der Waals surface area contributed by atoms with Crippen molar-refractivity contribution >= 4 is 51.5 Å². The van der Waals surface area contributed by atoms with Gasteiger partial charge in [0, 0.05) is 68.7 Å². The van der Waals surface area contributed by atoms with Crippen LogP contribution in [0.1, 0.15) is 35.0 Å². The molecule has 0 spiro atoms. The van der Waals surface area contributed by atoms with Crippen molar-refractivity contribution in [2.45, 2.75) is 26.8 Å². The predicted molar refractivity (Wildman–Crippen MR) is 146 cm³/mol. The zero-order valence-corrected chi connectivity index (χ0v) is 22.5. The fraction of sp³-hybridized carbons (Fsp3) is 0.333. The molecule has 37 heavy (non-hydrogen) atoms. The van der Waals surface area contributed by atoms with E-state index in [2.05, 4.69) is 10.3 Å². The zero-order chi connectivity index (χ0) is 26.4. The van der Waals surface area contributed by atoms with E-state index >= 15 is 0 Å². The van der Waals surface area contributed by atoms with Crippen molar-refractivity contribution < 1.29 is 14.4 Å². The lowest BCUT2D eigenvalue weighted by Gasteiger charge is -2.34. The molecule has 0 unspecified atom stereocenters. The van der Waals surface area contributed by atoms with Gasteiger partial charge in [0.05, 0.1) is 0 Å². The van der Waals surface area contributed by atoms with Gasteiger partial charge in [-0.25, -0.2) is 4.98 Å². The van der Waals surface area contributed by atoms with Gasteiger partial charge in [-0.05, 0) is 30.2 Å². The topological polar surface area (TPSA) is 85.9 Å². The van der Waals surface area contributed by atoms with Crippen LogP contribution in [0.2, 0.25) is 5.02 Å². The number of aromatic nitrogens is 1. The summed E-state index contributed by atoms with van der Waals surface area (Å²) in [4.78, 5) is 47.7. The standard InChI is InChI=1S/C27H30ClN5O3S/c1-19-8-9-22(28)16-23(19)29-27-30-24(18-37-27)26(36)33(17-21-6-4-3-5-7-21)11-10-25(35)32-14-12-31(13-15-32)20(2)34/h3-9,16,18H,10-15,17H2,1-2H3,(H,29,30). The first kappa shape index (κ1) is 26.6. The smallest absolute Gasteiger partial charge is 0.273 e. The molecule has 1 aliphatic rings. The first-order valence-corrected chi connectivity index (χ1v) is 13.4. The van der Waals surface area contributed by atoms with Crippen molar-refractivity contribution in [3.05, 3.63) is 75.8 Å². The van der Waals surface area contributed by atoms with Gasteiger partial charge in [-0.1, -0.05) is 48.0 Å². The van der Waals surface area contributed by atoms with E-state index in [0.717, 1.165) is 16.8 Å². The maximum absolute atomic E-state index is 13.5. The average molecular weight is 540 g/mol. The van der Waals surface area contributed by atoms with Crippen LogP contribution in [0.3, 0.4) is 0 Å². The molecule has 1 aliphatic heterocycles. The normalized spacial score (nSPS) is 13.4. The Bertz CT molecular complexity index is 1260. The minimum atomic E-state index is -0.231. The van der Waals surface area contributed by atoms with Crippen molar-refractivity contribution in [3.8, 4) is 0 Å². The summed E-state index contributed by atoms with van der Waals surface area (Å²) < 4.78 is 0. The number of amides is 3. The van der Waals surface area contributed by atoms with Gasteiger partial charge in [-0.15, -0.1) is 11.3 Å². The highest BCUT2D eigenvalue weighted by atomic mass is 35.5. The number of aryl methyl sites for hydroxylation is 1. The Kier molecular flexibility index (Phi) is 8.78. The molecular formula is C27H30ClN5O3S. The molecule has 4 rings (SSSR count). The molecule has 0 atom stereocenters. The number of benzene rings is 2. The largest absolute Gasteiger partial charge is 0.339 e. The molecule has 0 aliphatic carbocycles. The summed E-state index contributed by atoms with van der Waals surface area (Å²) in [7, 11) is 0. The average Bonchev–Trinajstić information content (AvgIpc) is 3.37. The van der Waals surface area contributed by atoms with Gasteiger partial charge >= 0.3 is 0 Å². The zero-order valence-electron chi connectivity index (χ0n) is 20.9. The molecule has 3 amide bonds. The summed E-state index contributed by atoms with van der Waals surface area (Å²) in [6.45, 7) is 6.25. The second-order valence-electron chi connectivity index (χ2n) is 8.97. The van der Waals surface area contributed by atoms with Gasteiger partial charge in [0.1, 0.15) is 5.69 Å². The monoisotopic (exact) mass is 539 g/mol. The van der Waals surface area contributed by atoms with Crippen LogP contribution < -0.4 is 5.32 Å². The lowest BCUT2D eigenvalue weighted by Crippen LogP contribution is -2.50. The molecule has 0 radical (unpaired) electrons. The summed E-state index contributed by atoms with van der Waals surface area (Å²) in [6.07, 6.45) is 0.204. The van der Waals surface area contributed by atoms with Gasteiger partial charge in [-0.2, -0.15) is 0 Å². The molecule has 2 heterocycles. The Morgan fingerprint density at radius 1 is 1.05 bits per heavy atom. The van der Waals surface area contributed by atoms with E-state index in [-0.39, 0.29) is 30.7 Å². The number of thiazole rings is 1. The Hall–Kier alpha value is -3.43. The Balaban J connectivity index is 1.43. The summed E-state index contributed by atoms with van der Waals surface area (Å²) in [5.74, 6) is -0.231. The number of nitrogens with zero attached hydrogens (tertiary/aromatic N) is 4. The molecule has 8 nitrogen and oxygen atoms in total. The Morgan fingerprint density at radius 2 is 1.76 bits per heavy atom. The quantitative estimate of drug-likeness (QED) is 0.453. The maximum atomic E-state index is 13.5. The van der Waals surface area contributed by atoms with Crippen molar-refractivity contribution in [1.82, 2.24) is 19.7 Å². The van der Waals surface area contributed by atoms with E-state index in [1.165, 1.54) is 11.3 Å². The molecule has 2 aromatic carbocycles. The van der Waals surface area contributed by atoms with Gasteiger partial charge in [0.2, 0.25) is 11.8 Å². The van der Waals surface area contributed by atoms with Crippen molar-refractivity contribution in [2.75, 3.05) is 38.0 Å². The molecule has 3 aromatic rings. The Morgan fingerprint density at radius 3 is 2.46 bits per heavy atom. The molecule has 1 fully saturated rings. The van der Waals surface area contributed by atoms with Crippen LogP contribution in [0.15, 0.2) is 53.9 Å². The highest BCUT2D eigenvalue weighted by Gasteiger charge is 2.25. The van der Waals surface area contributed by atoms with Crippen molar-refractivity contribution in [2.24, 2.45) is 0 Å². The van der Waals surface area contributed by atoms with Crippen LogP contribution in [0.5, 0.6) is 0 Å². The number of nitrogens with one attached hydrogen (secondary N) is 1. The first-order chi connectivity index (χ1) is 17.8. The number of hydrogen-bond acceptors (Lipinski definition) is 6. The molecule has 194 valence electrons. The molecule has 1 N–H and O–H groups in total. The number of hydrogen-bond donors (Lipinski definition) is 1. The minimum absolute atomic E-state index is 0.0221. The first-order valence-electron chi connectivity index (χ1n) is 12.2. The number of halogens is 1. The van der Waals surface area contributed by atoms with E-state index in [1.54, 1.807) is 27.0 Å². The van der Waals surface area contributed by atoms with Crippen LogP contribution in [0, 0.1) is 6.92 Å². The fourth-order valence-electron chi connectivity index (χ4n) is 4.15. The van der Waals surface area contributed by atoms with E-state index < -0.39 is 0 Å². The molecule has 1 saturated heterocycles. The van der Waals surface area contributed by atoms with Gasteiger partial charge in [0.25, 0.3) is 5.91 Å². The highest BCUT2D eigenvalue weighted by Crippen LogP contribution is 2.27. The summed E-state index contributed by atoms with van der Waals surface area (Å²) in [6, 6.07) is 15.3. The minimum Gasteiger partial charge on any atom is -0.339 e. The predicted octanol–water partition coefficient (Wildman–Crippen LogP) is 4.57. The third kappa shape index (κ3) is 7.08. The molecule has 0 bridgehead atoms. The maximum Gasteiger partial charge on any atom is 0.273 e. The highest BCUT2D eigenvalue weighted by molar-refractivity contribution is 7.14. The molecule has 0 saturated carbocycles. The number of carbonyl (C=O) groups excluding carboxylic acids is 3.